The van der Waals surface area contributed by atoms with Gasteiger partial charge in [-0.1, -0.05) is 26.7 Å². The topological polar surface area (TPSA) is 35.8 Å². The predicted octanol–water partition coefficient (Wildman–Crippen LogP) is 2.70. The molecule has 0 aliphatic heterocycles. The van der Waals surface area contributed by atoms with Crippen molar-refractivity contribution in [3.63, 3.8) is 0 Å². The molecule has 14 heavy (non-hydrogen) atoms. The molecule has 0 bridgehead atoms. The van der Waals surface area contributed by atoms with Crippen molar-refractivity contribution >= 4 is 0 Å². The van der Waals surface area contributed by atoms with Gasteiger partial charge in [-0.05, 0) is 37.6 Å². The summed E-state index contributed by atoms with van der Waals surface area (Å²) < 4.78 is 0. The van der Waals surface area contributed by atoms with E-state index in [9.17, 15) is 0 Å². The monoisotopic (exact) mass is 194 g/mol. The fourth-order valence-corrected chi connectivity index (χ4v) is 2.40. The van der Waals surface area contributed by atoms with Gasteiger partial charge in [0.05, 0.1) is 12.1 Å². The molecule has 1 aliphatic carbocycles. The Hall–Kier alpha value is -0.550. The van der Waals surface area contributed by atoms with Crippen LogP contribution in [0.5, 0.6) is 0 Å². The van der Waals surface area contributed by atoms with E-state index in [4.69, 9.17) is 5.26 Å². The van der Waals surface area contributed by atoms with Gasteiger partial charge in [-0.25, -0.2) is 0 Å². The smallest absolute Gasteiger partial charge is 0.0981 e. The Labute approximate surface area is 87.7 Å². The van der Waals surface area contributed by atoms with E-state index < -0.39 is 0 Å². The first-order valence-corrected chi connectivity index (χ1v) is 5.91. The van der Waals surface area contributed by atoms with Gasteiger partial charge in [-0.2, -0.15) is 5.26 Å². The van der Waals surface area contributed by atoms with Crippen LogP contribution in [0.1, 0.15) is 46.0 Å². The van der Waals surface area contributed by atoms with Crippen molar-refractivity contribution in [3.8, 4) is 6.07 Å². The molecular weight excluding hydrogens is 172 g/mol. The van der Waals surface area contributed by atoms with Gasteiger partial charge < -0.3 is 5.32 Å². The second-order valence-electron chi connectivity index (χ2n) is 4.59. The largest absolute Gasteiger partial charge is 0.302 e. The Kier molecular flexibility index (Phi) is 4.97. The van der Waals surface area contributed by atoms with E-state index in [1.807, 2.05) is 0 Å². The van der Waals surface area contributed by atoms with E-state index in [2.05, 4.69) is 25.2 Å². The lowest BCUT2D eigenvalue weighted by Crippen LogP contribution is -2.37. The molecule has 1 rings (SSSR count). The minimum atomic E-state index is 0.0951. The first-order chi connectivity index (χ1) is 6.77. The highest BCUT2D eigenvalue weighted by Gasteiger charge is 2.25. The Bertz CT molecular complexity index is 195. The minimum Gasteiger partial charge on any atom is -0.302 e. The Morgan fingerprint density at radius 2 is 2.29 bits per heavy atom. The number of nitriles is 1. The maximum atomic E-state index is 9.08. The lowest BCUT2D eigenvalue weighted by Gasteiger charge is -2.30. The second kappa shape index (κ2) is 6.03. The lowest BCUT2D eigenvalue weighted by molar-refractivity contribution is 0.248. The van der Waals surface area contributed by atoms with Crippen LogP contribution >= 0.6 is 0 Å². The second-order valence-corrected chi connectivity index (χ2v) is 4.59. The van der Waals surface area contributed by atoms with Crippen molar-refractivity contribution in [1.82, 2.24) is 5.32 Å². The Balaban J connectivity index is 2.39. The molecule has 80 valence electrons. The number of hydrogen-bond donors (Lipinski definition) is 1. The van der Waals surface area contributed by atoms with Crippen LogP contribution in [0, 0.1) is 23.2 Å². The molecule has 1 N–H and O–H groups in total. The zero-order chi connectivity index (χ0) is 10.4. The molecule has 1 aliphatic rings. The third-order valence-corrected chi connectivity index (χ3v) is 3.20. The van der Waals surface area contributed by atoms with Gasteiger partial charge in [0.2, 0.25) is 0 Å². The Morgan fingerprint density at radius 3 is 2.86 bits per heavy atom. The summed E-state index contributed by atoms with van der Waals surface area (Å²) >= 11 is 0. The quantitative estimate of drug-likeness (QED) is 0.747. The molecule has 0 heterocycles. The van der Waals surface area contributed by atoms with Crippen molar-refractivity contribution in [3.05, 3.63) is 0 Å². The van der Waals surface area contributed by atoms with E-state index in [1.165, 1.54) is 25.7 Å². The normalized spacial score (nSPS) is 29.5. The molecule has 0 aromatic heterocycles. The van der Waals surface area contributed by atoms with Crippen LogP contribution in [0.2, 0.25) is 0 Å². The molecule has 0 aromatic rings. The zero-order valence-corrected chi connectivity index (χ0v) is 9.42. The van der Waals surface area contributed by atoms with E-state index in [0.29, 0.717) is 5.92 Å². The highest BCUT2D eigenvalue weighted by Crippen LogP contribution is 2.30. The van der Waals surface area contributed by atoms with E-state index >= 15 is 0 Å². The summed E-state index contributed by atoms with van der Waals surface area (Å²) in [7, 11) is 0. The first-order valence-electron chi connectivity index (χ1n) is 5.91. The van der Waals surface area contributed by atoms with Gasteiger partial charge in [-0.15, -0.1) is 0 Å². The Morgan fingerprint density at radius 1 is 1.50 bits per heavy atom. The van der Waals surface area contributed by atoms with Crippen LogP contribution in [0.25, 0.3) is 0 Å². The van der Waals surface area contributed by atoms with Crippen LogP contribution < -0.4 is 5.32 Å². The molecule has 3 unspecified atom stereocenters. The fourth-order valence-electron chi connectivity index (χ4n) is 2.40. The van der Waals surface area contributed by atoms with Crippen LogP contribution in [0.15, 0.2) is 0 Å². The predicted molar refractivity (Wildman–Crippen MR) is 58.8 cm³/mol. The average molecular weight is 194 g/mol. The summed E-state index contributed by atoms with van der Waals surface area (Å²) in [5, 5.41) is 12.4. The van der Waals surface area contributed by atoms with Crippen LogP contribution in [0.4, 0.5) is 0 Å². The van der Waals surface area contributed by atoms with Crippen molar-refractivity contribution in [2.24, 2.45) is 11.8 Å². The summed E-state index contributed by atoms with van der Waals surface area (Å²) in [6, 6.07) is 2.51. The molecule has 0 aromatic carbocycles. The van der Waals surface area contributed by atoms with Crippen molar-refractivity contribution in [2.75, 3.05) is 6.54 Å². The molecular formula is C12H22N2. The molecule has 0 radical (unpaired) electrons. The summed E-state index contributed by atoms with van der Waals surface area (Å²) in [6.07, 6.45) is 6.23. The van der Waals surface area contributed by atoms with E-state index in [0.717, 1.165) is 18.9 Å². The number of rotatable bonds is 4. The highest BCUT2D eigenvalue weighted by atomic mass is 14.9. The molecule has 0 spiro atoms. The summed E-state index contributed by atoms with van der Waals surface area (Å²) in [6.45, 7) is 5.43. The third kappa shape index (κ3) is 3.31. The summed E-state index contributed by atoms with van der Waals surface area (Å²) in [5.74, 6) is 1.41. The van der Waals surface area contributed by atoms with Gasteiger partial charge in [-0.3, -0.25) is 0 Å². The van der Waals surface area contributed by atoms with E-state index in [-0.39, 0.29) is 6.04 Å². The number of hydrogen-bond acceptors (Lipinski definition) is 2. The van der Waals surface area contributed by atoms with Crippen molar-refractivity contribution in [1.29, 1.82) is 5.26 Å². The third-order valence-electron chi connectivity index (χ3n) is 3.20. The van der Waals surface area contributed by atoms with Gasteiger partial charge in [0.15, 0.2) is 0 Å². The summed E-state index contributed by atoms with van der Waals surface area (Å²) in [5.41, 5.74) is 0. The minimum absolute atomic E-state index is 0.0951. The van der Waals surface area contributed by atoms with Crippen LogP contribution in [-0.2, 0) is 0 Å². The van der Waals surface area contributed by atoms with Crippen LogP contribution in [-0.4, -0.2) is 12.6 Å². The van der Waals surface area contributed by atoms with Gasteiger partial charge in [0.1, 0.15) is 0 Å². The molecule has 0 saturated heterocycles. The molecule has 1 fully saturated rings. The van der Waals surface area contributed by atoms with Crippen molar-refractivity contribution < 1.29 is 0 Å². The molecule has 2 nitrogen and oxygen atoms in total. The SMILES string of the molecule is CCCNC(C#N)C1CCCC(C)C1. The lowest BCUT2D eigenvalue weighted by atomic mass is 9.79. The molecule has 2 heteroatoms. The maximum Gasteiger partial charge on any atom is 0.0981 e. The average Bonchev–Trinajstić information content (AvgIpc) is 2.19. The standard InChI is InChI=1S/C12H22N2/c1-3-7-14-12(9-13)11-6-4-5-10(2)8-11/h10-12,14H,3-8H2,1-2H3. The molecule has 0 amide bonds. The highest BCUT2D eigenvalue weighted by molar-refractivity contribution is 4.96. The number of nitrogens with one attached hydrogen (secondary N) is 1. The summed E-state index contributed by atoms with van der Waals surface area (Å²) in [4.78, 5) is 0. The number of nitrogens with zero attached hydrogens (tertiary/aromatic N) is 1. The van der Waals surface area contributed by atoms with Crippen molar-refractivity contribution in [2.45, 2.75) is 52.0 Å². The maximum absolute atomic E-state index is 9.08. The fraction of sp³-hybridized carbons (Fsp3) is 0.917. The zero-order valence-electron chi connectivity index (χ0n) is 9.42. The van der Waals surface area contributed by atoms with E-state index in [1.54, 1.807) is 0 Å². The van der Waals surface area contributed by atoms with Gasteiger partial charge in [0, 0.05) is 0 Å². The van der Waals surface area contributed by atoms with Gasteiger partial charge >= 0.3 is 0 Å². The van der Waals surface area contributed by atoms with Crippen LogP contribution in [0.3, 0.4) is 0 Å². The molecule has 3 atom stereocenters. The first kappa shape index (κ1) is 11.5. The molecule has 1 saturated carbocycles. The van der Waals surface area contributed by atoms with Gasteiger partial charge in [0.25, 0.3) is 0 Å².